The second kappa shape index (κ2) is 6.53. The Morgan fingerprint density at radius 3 is 2.90 bits per heavy atom. The minimum atomic E-state index is -0.253. The maximum absolute atomic E-state index is 12.4. The Balaban J connectivity index is 2.28. The lowest BCUT2D eigenvalue weighted by Gasteiger charge is -2.11. The summed E-state index contributed by atoms with van der Waals surface area (Å²) in [6, 6.07) is 10.7. The minimum Gasteiger partial charge on any atom is -0.370 e. The SMILES string of the molecule is CCNc1ncccc1C(=O)Nc1cc(C#N)ccc1C. The van der Waals surface area contributed by atoms with Crippen molar-refractivity contribution in [3.63, 3.8) is 0 Å². The van der Waals surface area contributed by atoms with Crippen LogP contribution in [0.15, 0.2) is 36.5 Å². The van der Waals surface area contributed by atoms with Crippen LogP contribution in [-0.2, 0) is 0 Å². The Labute approximate surface area is 123 Å². The summed E-state index contributed by atoms with van der Waals surface area (Å²) in [5.41, 5.74) is 2.51. The van der Waals surface area contributed by atoms with Crippen LogP contribution in [0.4, 0.5) is 11.5 Å². The topological polar surface area (TPSA) is 77.8 Å². The molecule has 0 spiro atoms. The van der Waals surface area contributed by atoms with E-state index < -0.39 is 0 Å². The normalized spacial score (nSPS) is 9.76. The average molecular weight is 280 g/mol. The van der Waals surface area contributed by atoms with Gasteiger partial charge in [0.15, 0.2) is 0 Å². The third-order valence-corrected chi connectivity index (χ3v) is 3.01. The first kappa shape index (κ1) is 14.5. The van der Waals surface area contributed by atoms with E-state index in [0.717, 1.165) is 5.56 Å². The molecule has 0 atom stereocenters. The number of carbonyl (C=O) groups excluding carboxylic acids is 1. The summed E-state index contributed by atoms with van der Waals surface area (Å²) in [7, 11) is 0. The molecule has 0 unspecified atom stereocenters. The molecule has 0 saturated heterocycles. The van der Waals surface area contributed by atoms with Crippen LogP contribution in [0.2, 0.25) is 0 Å². The molecule has 2 N–H and O–H groups in total. The van der Waals surface area contributed by atoms with Crippen LogP contribution in [0.5, 0.6) is 0 Å². The van der Waals surface area contributed by atoms with Gasteiger partial charge in [-0.05, 0) is 43.7 Å². The molecule has 0 bridgehead atoms. The molecule has 5 nitrogen and oxygen atoms in total. The second-order valence-corrected chi connectivity index (χ2v) is 4.53. The third-order valence-electron chi connectivity index (χ3n) is 3.01. The van der Waals surface area contributed by atoms with Gasteiger partial charge >= 0.3 is 0 Å². The monoisotopic (exact) mass is 280 g/mol. The Kier molecular flexibility index (Phi) is 4.52. The maximum atomic E-state index is 12.4. The van der Waals surface area contributed by atoms with Gasteiger partial charge in [0.2, 0.25) is 0 Å². The van der Waals surface area contributed by atoms with E-state index in [4.69, 9.17) is 5.26 Å². The fourth-order valence-electron chi connectivity index (χ4n) is 1.91. The molecule has 0 saturated carbocycles. The Morgan fingerprint density at radius 1 is 1.38 bits per heavy atom. The first-order valence-electron chi connectivity index (χ1n) is 6.66. The third kappa shape index (κ3) is 3.37. The number of aryl methyl sites for hydroxylation is 1. The minimum absolute atomic E-state index is 0.253. The zero-order valence-corrected chi connectivity index (χ0v) is 12.0. The van der Waals surface area contributed by atoms with Gasteiger partial charge in [-0.15, -0.1) is 0 Å². The molecule has 1 heterocycles. The molecule has 5 heteroatoms. The summed E-state index contributed by atoms with van der Waals surface area (Å²) in [5.74, 6) is 0.295. The highest BCUT2D eigenvalue weighted by Gasteiger charge is 2.13. The highest BCUT2D eigenvalue weighted by molar-refractivity contribution is 6.07. The Hall–Kier alpha value is -2.87. The number of aromatic nitrogens is 1. The van der Waals surface area contributed by atoms with Crippen molar-refractivity contribution in [1.29, 1.82) is 5.26 Å². The summed E-state index contributed by atoms with van der Waals surface area (Å²) >= 11 is 0. The highest BCUT2D eigenvalue weighted by atomic mass is 16.1. The fourth-order valence-corrected chi connectivity index (χ4v) is 1.91. The predicted octanol–water partition coefficient (Wildman–Crippen LogP) is 2.95. The van der Waals surface area contributed by atoms with Gasteiger partial charge in [-0.3, -0.25) is 4.79 Å². The van der Waals surface area contributed by atoms with Crippen LogP contribution >= 0.6 is 0 Å². The number of carbonyl (C=O) groups is 1. The van der Waals surface area contributed by atoms with E-state index in [-0.39, 0.29) is 5.91 Å². The molecule has 21 heavy (non-hydrogen) atoms. The van der Waals surface area contributed by atoms with Gasteiger partial charge in [-0.25, -0.2) is 4.98 Å². The predicted molar refractivity (Wildman–Crippen MR) is 82.2 cm³/mol. The largest absolute Gasteiger partial charge is 0.370 e. The number of hydrogen-bond acceptors (Lipinski definition) is 4. The molecule has 106 valence electrons. The van der Waals surface area contributed by atoms with Crippen molar-refractivity contribution in [3.05, 3.63) is 53.2 Å². The van der Waals surface area contributed by atoms with Crippen molar-refractivity contribution in [2.45, 2.75) is 13.8 Å². The maximum Gasteiger partial charge on any atom is 0.259 e. The van der Waals surface area contributed by atoms with E-state index in [0.29, 0.717) is 29.2 Å². The molecule has 0 fully saturated rings. The standard InChI is InChI=1S/C16H16N4O/c1-3-18-15-13(5-4-8-19-15)16(21)20-14-9-12(10-17)7-6-11(14)2/h4-9H,3H2,1-2H3,(H,18,19)(H,20,21). The lowest BCUT2D eigenvalue weighted by Crippen LogP contribution is -2.16. The van der Waals surface area contributed by atoms with Crippen molar-refractivity contribution in [2.24, 2.45) is 0 Å². The number of rotatable bonds is 4. The second-order valence-electron chi connectivity index (χ2n) is 4.53. The van der Waals surface area contributed by atoms with Crippen LogP contribution in [0, 0.1) is 18.3 Å². The van der Waals surface area contributed by atoms with Crippen molar-refractivity contribution >= 4 is 17.4 Å². The van der Waals surface area contributed by atoms with Crippen LogP contribution in [0.25, 0.3) is 0 Å². The van der Waals surface area contributed by atoms with E-state index >= 15 is 0 Å². The summed E-state index contributed by atoms with van der Waals surface area (Å²) < 4.78 is 0. The molecule has 2 aromatic rings. The van der Waals surface area contributed by atoms with Gasteiger partial charge in [0.05, 0.1) is 17.2 Å². The smallest absolute Gasteiger partial charge is 0.259 e. The van der Waals surface area contributed by atoms with Gasteiger partial charge < -0.3 is 10.6 Å². The number of nitrogens with one attached hydrogen (secondary N) is 2. The molecular weight excluding hydrogens is 264 g/mol. The van der Waals surface area contributed by atoms with Gasteiger partial charge in [-0.1, -0.05) is 6.07 Å². The fraction of sp³-hybridized carbons (Fsp3) is 0.188. The zero-order valence-electron chi connectivity index (χ0n) is 12.0. The van der Waals surface area contributed by atoms with Crippen molar-refractivity contribution in [2.75, 3.05) is 17.2 Å². The van der Waals surface area contributed by atoms with Crippen molar-refractivity contribution < 1.29 is 4.79 Å². The lowest BCUT2D eigenvalue weighted by molar-refractivity contribution is 0.102. The number of nitriles is 1. The molecule has 2 rings (SSSR count). The lowest BCUT2D eigenvalue weighted by atomic mass is 10.1. The summed E-state index contributed by atoms with van der Waals surface area (Å²) in [6.45, 7) is 4.50. The first-order valence-corrected chi connectivity index (χ1v) is 6.66. The van der Waals surface area contributed by atoms with Crippen molar-refractivity contribution in [3.8, 4) is 6.07 Å². The number of benzene rings is 1. The molecule has 1 aromatic carbocycles. The summed E-state index contributed by atoms with van der Waals surface area (Å²) in [5, 5.41) is 14.8. The van der Waals surface area contributed by atoms with E-state index in [9.17, 15) is 4.79 Å². The van der Waals surface area contributed by atoms with Gasteiger partial charge in [-0.2, -0.15) is 5.26 Å². The summed E-state index contributed by atoms with van der Waals surface area (Å²) in [4.78, 5) is 16.6. The quantitative estimate of drug-likeness (QED) is 0.902. The van der Waals surface area contributed by atoms with Crippen LogP contribution < -0.4 is 10.6 Å². The van der Waals surface area contributed by atoms with E-state index in [1.165, 1.54) is 0 Å². The van der Waals surface area contributed by atoms with Crippen LogP contribution in [0.1, 0.15) is 28.4 Å². The number of pyridine rings is 1. The molecule has 0 aliphatic heterocycles. The molecule has 0 radical (unpaired) electrons. The average Bonchev–Trinajstić information content (AvgIpc) is 2.50. The van der Waals surface area contributed by atoms with Gasteiger partial charge in [0, 0.05) is 18.4 Å². The molecule has 1 aromatic heterocycles. The highest BCUT2D eigenvalue weighted by Crippen LogP contribution is 2.19. The molecule has 0 aliphatic rings. The summed E-state index contributed by atoms with van der Waals surface area (Å²) in [6.07, 6.45) is 1.64. The number of anilines is 2. The molecule has 0 aliphatic carbocycles. The first-order chi connectivity index (χ1) is 10.2. The van der Waals surface area contributed by atoms with Crippen LogP contribution in [-0.4, -0.2) is 17.4 Å². The van der Waals surface area contributed by atoms with E-state index in [1.807, 2.05) is 19.9 Å². The Morgan fingerprint density at radius 2 is 2.19 bits per heavy atom. The van der Waals surface area contributed by atoms with E-state index in [1.54, 1.807) is 30.5 Å². The zero-order chi connectivity index (χ0) is 15.2. The Bertz CT molecular complexity index is 704. The van der Waals surface area contributed by atoms with Crippen LogP contribution in [0.3, 0.4) is 0 Å². The molecular formula is C16H16N4O. The number of hydrogen-bond donors (Lipinski definition) is 2. The van der Waals surface area contributed by atoms with Gasteiger partial charge in [0.1, 0.15) is 5.82 Å². The van der Waals surface area contributed by atoms with Gasteiger partial charge in [0.25, 0.3) is 5.91 Å². The molecule has 1 amide bonds. The number of nitrogens with zero attached hydrogens (tertiary/aromatic N) is 2. The number of amides is 1. The van der Waals surface area contributed by atoms with E-state index in [2.05, 4.69) is 21.7 Å². The van der Waals surface area contributed by atoms with Crippen molar-refractivity contribution in [1.82, 2.24) is 4.98 Å².